The summed E-state index contributed by atoms with van der Waals surface area (Å²) in [6.45, 7) is 1.14. The second-order valence-electron chi connectivity index (χ2n) is 5.21. The van der Waals surface area contributed by atoms with Crippen molar-refractivity contribution in [3.63, 3.8) is 0 Å². The highest BCUT2D eigenvalue weighted by molar-refractivity contribution is 7.80. The Morgan fingerprint density at radius 2 is 1.92 bits per heavy atom. The topological polar surface area (TPSA) is 59.6 Å². The van der Waals surface area contributed by atoms with E-state index in [1.807, 2.05) is 0 Å². The van der Waals surface area contributed by atoms with Gasteiger partial charge >= 0.3 is 0 Å². The number of thiocarbonyl (C=S) groups is 1. The van der Waals surface area contributed by atoms with Crippen molar-refractivity contribution in [3.05, 3.63) is 63.6 Å². The molecule has 0 saturated carbocycles. The number of hydrogen-bond donors (Lipinski definition) is 2. The number of hydrogen-bond acceptors (Lipinski definition) is 4. The number of para-hydroxylation sites is 1. The first kappa shape index (κ1) is 20.5. The maximum atomic E-state index is 12.4. The molecular formula is C18H18Cl2N2O3S. The van der Waals surface area contributed by atoms with Crippen molar-refractivity contribution in [2.75, 3.05) is 20.3 Å². The van der Waals surface area contributed by atoms with Crippen LogP contribution >= 0.6 is 35.4 Å². The second-order valence-corrected chi connectivity index (χ2v) is 6.46. The lowest BCUT2D eigenvalue weighted by Gasteiger charge is -2.13. The van der Waals surface area contributed by atoms with Crippen molar-refractivity contribution in [2.45, 2.75) is 6.54 Å². The molecule has 0 saturated heterocycles. The number of nitrogens with one attached hydrogen (secondary N) is 2. The Bertz CT molecular complexity index is 787. The van der Waals surface area contributed by atoms with Crippen molar-refractivity contribution < 1.29 is 14.3 Å². The summed E-state index contributed by atoms with van der Waals surface area (Å²) in [7, 11) is 1.58. The second kappa shape index (κ2) is 10.3. The molecule has 2 aromatic rings. The van der Waals surface area contributed by atoms with E-state index in [0.717, 1.165) is 5.56 Å². The lowest BCUT2D eigenvalue weighted by atomic mass is 10.2. The molecule has 8 heteroatoms. The number of halogens is 2. The Balaban J connectivity index is 1.93. The van der Waals surface area contributed by atoms with Gasteiger partial charge in [-0.15, -0.1) is 0 Å². The molecule has 2 rings (SSSR count). The molecule has 26 heavy (non-hydrogen) atoms. The third-order valence-electron chi connectivity index (χ3n) is 3.36. The molecule has 0 fully saturated rings. The highest BCUT2D eigenvalue weighted by Crippen LogP contribution is 2.21. The molecule has 0 aliphatic carbocycles. The highest BCUT2D eigenvalue weighted by Gasteiger charge is 2.13. The molecule has 0 aliphatic heterocycles. The predicted molar refractivity (Wildman–Crippen MR) is 107 cm³/mol. The number of amides is 1. The van der Waals surface area contributed by atoms with E-state index in [2.05, 4.69) is 10.6 Å². The lowest BCUT2D eigenvalue weighted by molar-refractivity contribution is 0.0968. The quantitative estimate of drug-likeness (QED) is 0.534. The summed E-state index contributed by atoms with van der Waals surface area (Å²) in [5, 5.41) is 6.84. The number of carbonyl (C=O) groups is 1. The Morgan fingerprint density at radius 1 is 1.15 bits per heavy atom. The van der Waals surface area contributed by atoms with Crippen molar-refractivity contribution in [1.82, 2.24) is 10.6 Å². The molecule has 0 atom stereocenters. The molecule has 0 spiro atoms. The SMILES string of the molecule is COCCOc1ccccc1C(=O)NC(=S)NCc1ccc(Cl)cc1Cl. The van der Waals surface area contributed by atoms with Crippen LogP contribution in [0.25, 0.3) is 0 Å². The number of benzene rings is 2. The minimum atomic E-state index is -0.363. The Morgan fingerprint density at radius 3 is 2.65 bits per heavy atom. The van der Waals surface area contributed by atoms with Gasteiger partial charge in [0.25, 0.3) is 5.91 Å². The van der Waals surface area contributed by atoms with Gasteiger partial charge in [-0.25, -0.2) is 0 Å². The summed E-state index contributed by atoms with van der Waals surface area (Å²) in [5.41, 5.74) is 1.20. The van der Waals surface area contributed by atoms with Crippen LogP contribution in [0.1, 0.15) is 15.9 Å². The van der Waals surface area contributed by atoms with Gasteiger partial charge in [0.15, 0.2) is 5.11 Å². The molecule has 0 aliphatic rings. The monoisotopic (exact) mass is 412 g/mol. The third kappa shape index (κ3) is 6.14. The van der Waals surface area contributed by atoms with E-state index in [-0.39, 0.29) is 11.0 Å². The van der Waals surface area contributed by atoms with Gasteiger partial charge in [-0.3, -0.25) is 10.1 Å². The molecule has 0 bridgehead atoms. The maximum absolute atomic E-state index is 12.4. The summed E-state index contributed by atoms with van der Waals surface area (Å²) in [6.07, 6.45) is 0. The van der Waals surface area contributed by atoms with E-state index in [4.69, 9.17) is 44.9 Å². The van der Waals surface area contributed by atoms with Gasteiger partial charge in [-0.05, 0) is 42.0 Å². The van der Waals surface area contributed by atoms with E-state index in [9.17, 15) is 4.79 Å². The fourth-order valence-corrected chi connectivity index (χ4v) is 2.71. The van der Waals surface area contributed by atoms with Gasteiger partial charge in [0, 0.05) is 23.7 Å². The van der Waals surface area contributed by atoms with E-state index < -0.39 is 0 Å². The normalized spacial score (nSPS) is 10.3. The van der Waals surface area contributed by atoms with Crippen molar-refractivity contribution in [1.29, 1.82) is 0 Å². The smallest absolute Gasteiger partial charge is 0.261 e. The van der Waals surface area contributed by atoms with Crippen molar-refractivity contribution in [2.24, 2.45) is 0 Å². The Kier molecular flexibility index (Phi) is 8.12. The first-order valence-corrected chi connectivity index (χ1v) is 8.91. The van der Waals surface area contributed by atoms with Gasteiger partial charge in [0.05, 0.1) is 12.2 Å². The Hall–Kier alpha value is -1.86. The molecule has 0 aromatic heterocycles. The summed E-state index contributed by atoms with van der Waals surface area (Å²) in [5.74, 6) is 0.100. The van der Waals surface area contributed by atoms with Gasteiger partial charge in [0.2, 0.25) is 0 Å². The van der Waals surface area contributed by atoms with Crippen LogP contribution in [-0.4, -0.2) is 31.3 Å². The summed E-state index contributed by atoms with van der Waals surface area (Å²) in [4.78, 5) is 12.4. The van der Waals surface area contributed by atoms with Crippen LogP contribution in [0.3, 0.4) is 0 Å². The van der Waals surface area contributed by atoms with E-state index >= 15 is 0 Å². The van der Waals surface area contributed by atoms with Crippen LogP contribution in [0.5, 0.6) is 5.75 Å². The molecule has 0 unspecified atom stereocenters. The van der Waals surface area contributed by atoms with Crippen LogP contribution in [0.15, 0.2) is 42.5 Å². The predicted octanol–water partition coefficient (Wildman–Crippen LogP) is 3.82. The fraction of sp³-hybridized carbons (Fsp3) is 0.222. The third-order valence-corrected chi connectivity index (χ3v) is 4.19. The zero-order chi connectivity index (χ0) is 18.9. The number of carbonyl (C=O) groups excluding carboxylic acids is 1. The number of methoxy groups -OCH3 is 1. The summed E-state index contributed by atoms with van der Waals surface area (Å²) in [6, 6.07) is 12.1. The highest BCUT2D eigenvalue weighted by atomic mass is 35.5. The zero-order valence-electron chi connectivity index (χ0n) is 14.1. The first-order chi connectivity index (χ1) is 12.5. The molecule has 1 amide bonds. The average molecular weight is 413 g/mol. The van der Waals surface area contributed by atoms with E-state index in [1.165, 1.54) is 0 Å². The van der Waals surface area contributed by atoms with Crippen LogP contribution in [0.4, 0.5) is 0 Å². The van der Waals surface area contributed by atoms with Crippen LogP contribution in [0.2, 0.25) is 10.0 Å². The molecule has 0 heterocycles. The molecule has 2 N–H and O–H groups in total. The summed E-state index contributed by atoms with van der Waals surface area (Å²) >= 11 is 17.2. The lowest BCUT2D eigenvalue weighted by Crippen LogP contribution is -2.39. The number of ether oxygens (including phenoxy) is 2. The molecule has 5 nitrogen and oxygen atoms in total. The zero-order valence-corrected chi connectivity index (χ0v) is 16.4. The molecule has 138 valence electrons. The maximum Gasteiger partial charge on any atom is 0.261 e. The van der Waals surface area contributed by atoms with Gasteiger partial charge in [-0.2, -0.15) is 0 Å². The number of rotatable bonds is 7. The van der Waals surface area contributed by atoms with Gasteiger partial charge in [0.1, 0.15) is 12.4 Å². The van der Waals surface area contributed by atoms with E-state index in [0.29, 0.717) is 41.1 Å². The van der Waals surface area contributed by atoms with Gasteiger partial charge in [-0.1, -0.05) is 41.4 Å². The van der Waals surface area contributed by atoms with E-state index in [1.54, 1.807) is 49.6 Å². The minimum Gasteiger partial charge on any atom is -0.490 e. The van der Waals surface area contributed by atoms with Gasteiger partial charge < -0.3 is 14.8 Å². The standard InChI is InChI=1S/C18H18Cl2N2O3S/c1-24-8-9-25-16-5-3-2-4-14(16)17(23)22-18(26)21-11-12-6-7-13(19)10-15(12)20/h2-7,10H,8-9,11H2,1H3,(H2,21,22,23,26). The fourth-order valence-electron chi connectivity index (χ4n) is 2.07. The first-order valence-electron chi connectivity index (χ1n) is 7.75. The van der Waals surface area contributed by atoms with Crippen LogP contribution in [-0.2, 0) is 11.3 Å². The largest absolute Gasteiger partial charge is 0.490 e. The van der Waals surface area contributed by atoms with Crippen molar-refractivity contribution >= 4 is 46.4 Å². The average Bonchev–Trinajstić information content (AvgIpc) is 2.61. The molecular weight excluding hydrogens is 395 g/mol. The summed E-state index contributed by atoms with van der Waals surface area (Å²) < 4.78 is 10.5. The Labute approximate surface area is 167 Å². The molecule has 0 radical (unpaired) electrons. The van der Waals surface area contributed by atoms with Crippen LogP contribution in [0, 0.1) is 0 Å². The minimum absolute atomic E-state index is 0.188. The molecule has 2 aromatic carbocycles. The van der Waals surface area contributed by atoms with Crippen LogP contribution < -0.4 is 15.4 Å². The van der Waals surface area contributed by atoms with Crippen molar-refractivity contribution in [3.8, 4) is 5.75 Å².